The number of likely N-dealkylation sites (tertiary alicyclic amines) is 1. The highest BCUT2D eigenvalue weighted by atomic mass is 16.2. The first kappa shape index (κ1) is 14.8. The lowest BCUT2D eigenvalue weighted by molar-refractivity contribution is 0.0672. The van der Waals surface area contributed by atoms with Crippen molar-refractivity contribution < 1.29 is 4.79 Å². The number of nitrogens with one attached hydrogen (secondary N) is 2. The molecule has 2 N–H and O–H groups in total. The number of aromatic nitrogens is 1. The molecule has 0 unspecified atom stereocenters. The van der Waals surface area contributed by atoms with Crippen LogP contribution in [0, 0.1) is 5.92 Å². The van der Waals surface area contributed by atoms with Crippen LogP contribution >= 0.6 is 0 Å². The van der Waals surface area contributed by atoms with Gasteiger partial charge in [0.15, 0.2) is 0 Å². The number of amides is 1. The Kier molecular flexibility index (Phi) is 4.24. The van der Waals surface area contributed by atoms with E-state index in [0.29, 0.717) is 12.5 Å². The van der Waals surface area contributed by atoms with Gasteiger partial charge in [0.2, 0.25) is 0 Å². The summed E-state index contributed by atoms with van der Waals surface area (Å²) in [6.45, 7) is 2.34. The van der Waals surface area contributed by atoms with Crippen LogP contribution in [0.4, 0.5) is 0 Å². The minimum atomic E-state index is -0.306. The lowest BCUT2D eigenvalue weighted by Gasteiger charge is -2.32. The minimum absolute atomic E-state index is 0.159. The highest BCUT2D eigenvalue weighted by molar-refractivity contribution is 5.97. The van der Waals surface area contributed by atoms with Gasteiger partial charge < -0.3 is 15.2 Å². The lowest BCUT2D eigenvalue weighted by Crippen LogP contribution is -2.43. The molecule has 5 heteroatoms. The van der Waals surface area contributed by atoms with Crippen LogP contribution in [0.5, 0.6) is 0 Å². The quantitative estimate of drug-likeness (QED) is 0.905. The number of hydrogen-bond acceptors (Lipinski definition) is 3. The summed E-state index contributed by atoms with van der Waals surface area (Å²) in [7, 11) is 1.93. The van der Waals surface area contributed by atoms with Gasteiger partial charge >= 0.3 is 0 Å². The summed E-state index contributed by atoms with van der Waals surface area (Å²) < 4.78 is 0. The van der Waals surface area contributed by atoms with E-state index in [1.165, 1.54) is 0 Å². The van der Waals surface area contributed by atoms with Crippen molar-refractivity contribution in [2.45, 2.75) is 12.8 Å². The fourth-order valence-corrected chi connectivity index (χ4v) is 3.18. The maximum atomic E-state index is 12.7. The van der Waals surface area contributed by atoms with Crippen molar-refractivity contribution in [1.82, 2.24) is 15.2 Å². The highest BCUT2D eigenvalue weighted by Gasteiger charge is 2.25. The average Bonchev–Trinajstić information content (AvgIpc) is 2.54. The summed E-state index contributed by atoms with van der Waals surface area (Å²) in [4.78, 5) is 29.5. The standard InChI is InChI=1S/C17H21N3O2/c1-18-10-12-5-4-8-20(11-12)17(22)14-9-13-6-2-3-7-15(13)19-16(14)21/h2-3,6-7,9,12,18H,4-5,8,10-11H2,1H3,(H,19,21)/t12-/m0/s1. The van der Waals surface area contributed by atoms with Gasteiger partial charge in [-0.3, -0.25) is 9.59 Å². The lowest BCUT2D eigenvalue weighted by atomic mass is 9.97. The van der Waals surface area contributed by atoms with Crippen LogP contribution in [0.3, 0.4) is 0 Å². The zero-order valence-corrected chi connectivity index (χ0v) is 12.8. The number of fused-ring (bicyclic) bond motifs is 1. The van der Waals surface area contributed by atoms with Gasteiger partial charge in [0.25, 0.3) is 11.5 Å². The molecule has 5 nitrogen and oxygen atoms in total. The number of rotatable bonds is 3. The molecule has 1 amide bonds. The summed E-state index contributed by atoms with van der Waals surface area (Å²) in [6.07, 6.45) is 2.11. The smallest absolute Gasteiger partial charge is 0.261 e. The summed E-state index contributed by atoms with van der Waals surface area (Å²) in [5, 5.41) is 4.05. The third-order valence-electron chi connectivity index (χ3n) is 4.28. The number of aromatic amines is 1. The summed E-state index contributed by atoms with van der Waals surface area (Å²) >= 11 is 0. The summed E-state index contributed by atoms with van der Waals surface area (Å²) in [5.41, 5.74) is 0.694. The maximum Gasteiger partial charge on any atom is 0.261 e. The summed E-state index contributed by atoms with van der Waals surface area (Å²) in [5.74, 6) is 0.301. The van der Waals surface area contributed by atoms with E-state index in [-0.39, 0.29) is 17.0 Å². The molecule has 22 heavy (non-hydrogen) atoms. The van der Waals surface area contributed by atoms with Crippen molar-refractivity contribution >= 4 is 16.8 Å². The largest absolute Gasteiger partial charge is 0.338 e. The molecule has 1 aromatic heterocycles. The van der Waals surface area contributed by atoms with Gasteiger partial charge in [-0.2, -0.15) is 0 Å². The van der Waals surface area contributed by atoms with E-state index in [1.54, 1.807) is 6.07 Å². The van der Waals surface area contributed by atoms with Crippen LogP contribution in [-0.4, -0.2) is 42.5 Å². The molecule has 1 fully saturated rings. The van der Waals surface area contributed by atoms with Crippen molar-refractivity contribution in [2.75, 3.05) is 26.7 Å². The van der Waals surface area contributed by atoms with Gasteiger partial charge in [0, 0.05) is 18.6 Å². The number of carbonyl (C=O) groups excluding carboxylic acids is 1. The molecule has 116 valence electrons. The van der Waals surface area contributed by atoms with E-state index in [9.17, 15) is 9.59 Å². The molecule has 1 atom stereocenters. The Morgan fingerprint density at radius 2 is 2.23 bits per heavy atom. The van der Waals surface area contributed by atoms with Gasteiger partial charge in [-0.25, -0.2) is 0 Å². The fraction of sp³-hybridized carbons (Fsp3) is 0.412. The van der Waals surface area contributed by atoms with Crippen molar-refractivity contribution in [3.8, 4) is 0 Å². The predicted molar refractivity (Wildman–Crippen MR) is 87.1 cm³/mol. The van der Waals surface area contributed by atoms with Crippen molar-refractivity contribution in [3.05, 3.63) is 46.2 Å². The van der Waals surface area contributed by atoms with Gasteiger partial charge in [-0.05, 0) is 49.9 Å². The average molecular weight is 299 g/mol. The fourth-order valence-electron chi connectivity index (χ4n) is 3.18. The Bertz CT molecular complexity index is 736. The molecule has 0 spiro atoms. The third-order valence-corrected chi connectivity index (χ3v) is 4.28. The second-order valence-corrected chi connectivity index (χ2v) is 5.92. The predicted octanol–water partition coefficient (Wildman–Crippen LogP) is 1.60. The van der Waals surface area contributed by atoms with Crippen LogP contribution in [0.1, 0.15) is 23.2 Å². The molecule has 0 aliphatic carbocycles. The molecule has 1 aromatic carbocycles. The molecule has 0 saturated carbocycles. The maximum absolute atomic E-state index is 12.7. The molecule has 1 aliphatic heterocycles. The Morgan fingerprint density at radius 3 is 3.05 bits per heavy atom. The zero-order chi connectivity index (χ0) is 15.5. The van der Waals surface area contributed by atoms with Gasteiger partial charge in [-0.15, -0.1) is 0 Å². The van der Waals surface area contributed by atoms with E-state index >= 15 is 0 Å². The van der Waals surface area contributed by atoms with E-state index < -0.39 is 0 Å². The van der Waals surface area contributed by atoms with Gasteiger partial charge in [-0.1, -0.05) is 18.2 Å². The van der Waals surface area contributed by atoms with Crippen molar-refractivity contribution in [3.63, 3.8) is 0 Å². The molecular weight excluding hydrogens is 278 g/mol. The first-order valence-electron chi connectivity index (χ1n) is 7.75. The molecule has 2 heterocycles. The number of carbonyl (C=O) groups is 1. The number of piperidine rings is 1. The molecular formula is C17H21N3O2. The Hall–Kier alpha value is -2.14. The van der Waals surface area contributed by atoms with Crippen molar-refractivity contribution in [1.29, 1.82) is 0 Å². The third kappa shape index (κ3) is 2.90. The molecule has 0 bridgehead atoms. The molecule has 1 aliphatic rings. The van der Waals surface area contributed by atoms with Gasteiger partial charge in [0.05, 0.1) is 0 Å². The van der Waals surface area contributed by atoms with Crippen LogP contribution in [0.15, 0.2) is 35.1 Å². The second-order valence-electron chi connectivity index (χ2n) is 5.92. The Labute approximate surface area is 129 Å². The zero-order valence-electron chi connectivity index (χ0n) is 12.8. The molecule has 1 saturated heterocycles. The number of benzene rings is 1. The second kappa shape index (κ2) is 6.32. The van der Waals surface area contributed by atoms with E-state index in [2.05, 4.69) is 10.3 Å². The van der Waals surface area contributed by atoms with Crippen molar-refractivity contribution in [2.24, 2.45) is 5.92 Å². The SMILES string of the molecule is CNC[C@@H]1CCCN(C(=O)c2cc3ccccc3[nH]c2=O)C1. The Balaban J connectivity index is 1.88. The van der Waals surface area contributed by atoms with E-state index in [0.717, 1.165) is 36.8 Å². The molecule has 0 radical (unpaired) electrons. The molecule has 2 aromatic rings. The van der Waals surface area contributed by atoms with Crippen LogP contribution in [-0.2, 0) is 0 Å². The van der Waals surface area contributed by atoms with Gasteiger partial charge in [0.1, 0.15) is 5.56 Å². The number of nitrogens with zero attached hydrogens (tertiary/aromatic N) is 1. The highest BCUT2D eigenvalue weighted by Crippen LogP contribution is 2.18. The number of hydrogen-bond donors (Lipinski definition) is 2. The normalized spacial score (nSPS) is 18.6. The number of para-hydroxylation sites is 1. The van der Waals surface area contributed by atoms with E-state index in [4.69, 9.17) is 0 Å². The number of H-pyrrole nitrogens is 1. The topological polar surface area (TPSA) is 65.2 Å². The van der Waals surface area contributed by atoms with Crippen LogP contribution in [0.2, 0.25) is 0 Å². The first-order valence-corrected chi connectivity index (χ1v) is 7.75. The number of pyridine rings is 1. The first-order chi connectivity index (χ1) is 10.7. The monoisotopic (exact) mass is 299 g/mol. The minimum Gasteiger partial charge on any atom is -0.338 e. The van der Waals surface area contributed by atoms with E-state index in [1.807, 2.05) is 36.2 Å². The van der Waals surface area contributed by atoms with Crippen LogP contribution in [0.25, 0.3) is 10.9 Å². The molecule has 3 rings (SSSR count). The Morgan fingerprint density at radius 1 is 1.41 bits per heavy atom. The summed E-state index contributed by atoms with van der Waals surface area (Å²) in [6, 6.07) is 9.22. The van der Waals surface area contributed by atoms with Crippen LogP contribution < -0.4 is 10.9 Å².